The molecule has 13 nitrogen and oxygen atoms in total. The van der Waals surface area contributed by atoms with E-state index in [4.69, 9.17) is 28.4 Å². The Bertz CT molecular complexity index is 2720. The number of carbonyl (C=O) groups is 1. The molecule has 6 aliphatic carbocycles. The van der Waals surface area contributed by atoms with Crippen molar-refractivity contribution in [1.82, 2.24) is 14.7 Å². The minimum absolute atomic E-state index is 0.0806. The van der Waals surface area contributed by atoms with Crippen molar-refractivity contribution in [3.8, 4) is 34.5 Å². The van der Waals surface area contributed by atoms with Gasteiger partial charge >= 0.3 is 5.97 Å². The van der Waals surface area contributed by atoms with Gasteiger partial charge in [-0.25, -0.2) is 0 Å². The Labute approximate surface area is 397 Å². The molecule has 3 fully saturated rings. The third kappa shape index (κ3) is 5.42. The van der Waals surface area contributed by atoms with Crippen molar-refractivity contribution in [2.75, 3.05) is 55.0 Å². The first-order chi connectivity index (χ1) is 32.8. The predicted molar refractivity (Wildman–Crippen MR) is 252 cm³/mol. The molecular formula is C55H63N3O10. The molecular weight excluding hydrogens is 863 g/mol. The molecule has 68 heavy (non-hydrogen) atoms. The smallest absolute Gasteiger partial charge is 0.303 e. The molecule has 3 spiro atoms. The van der Waals surface area contributed by atoms with Crippen LogP contribution in [-0.2, 0) is 45.0 Å². The standard InChI is InChI=1S/C20H23NO4.C18H21NO3.C17H19NO3/c1-11(22)24-16-7-5-13-14-10-12-4-6-15(23-3)18-17(12)20(13,19(16)25-18)8-9-21(14)2;1-19-8-7-18-11-4-5-13(20)17(18)22-16-14(21-2)6-3-10(15(16)18)9-12(11)19;1-18-7-6-17-10-3-5-13(20)16(17)21-15-12(19)4-2-9(14(15)17)8-11(10)18/h4-7,13-14,16,19H,8-10H2,1-3H3;3-6,11-13,17,20H,7-9H2,1-2H3;2-5,10-11,13,16,19-20H,6-8H2,1H3/t13?,14-,16+,19+,20+;11?,12-,13?,17+,18+;10?,11-,13?,16+,17+/m111/s1. The maximum atomic E-state index is 11.6. The largest absolute Gasteiger partial charge is 0.504 e. The number of phenolic OH excluding ortho intramolecular Hbond substituents is 1. The number of piperidine rings is 3. The van der Waals surface area contributed by atoms with Gasteiger partial charge in [0, 0.05) is 75.7 Å². The van der Waals surface area contributed by atoms with Gasteiger partial charge in [0.1, 0.15) is 30.5 Å². The van der Waals surface area contributed by atoms with E-state index in [0.29, 0.717) is 41.6 Å². The summed E-state index contributed by atoms with van der Waals surface area (Å²) in [7, 11) is 9.99. The summed E-state index contributed by atoms with van der Waals surface area (Å²) in [6.45, 7) is 4.55. The highest BCUT2D eigenvalue weighted by Gasteiger charge is 2.67. The number of hydrogen-bond acceptors (Lipinski definition) is 13. The maximum absolute atomic E-state index is 11.6. The highest BCUT2D eigenvalue weighted by molar-refractivity contribution is 5.68. The molecule has 0 radical (unpaired) electrons. The Morgan fingerprint density at radius 1 is 0.574 bits per heavy atom. The van der Waals surface area contributed by atoms with E-state index in [1.807, 2.05) is 36.4 Å². The summed E-state index contributed by atoms with van der Waals surface area (Å²) in [6.07, 6.45) is 16.5. The second-order valence-electron chi connectivity index (χ2n) is 21.7. The number of aliphatic hydroxyl groups is 2. The summed E-state index contributed by atoms with van der Waals surface area (Å²) >= 11 is 0. The van der Waals surface area contributed by atoms with E-state index >= 15 is 0 Å². The first-order valence-electron chi connectivity index (χ1n) is 24.8. The van der Waals surface area contributed by atoms with Gasteiger partial charge in [-0.3, -0.25) is 4.79 Å². The van der Waals surface area contributed by atoms with Crippen molar-refractivity contribution in [1.29, 1.82) is 0 Å². The quantitative estimate of drug-likeness (QED) is 0.246. The van der Waals surface area contributed by atoms with Crippen molar-refractivity contribution < 1.29 is 48.5 Å². The molecule has 5 unspecified atom stereocenters. The number of hydrogen-bond donors (Lipinski definition) is 3. The molecule has 15 atom stereocenters. The second-order valence-corrected chi connectivity index (χ2v) is 21.7. The van der Waals surface area contributed by atoms with Gasteiger partial charge < -0.3 is 58.4 Å². The Kier molecular flexibility index (Phi) is 9.47. The van der Waals surface area contributed by atoms with Crippen LogP contribution in [0.1, 0.15) is 59.6 Å². The van der Waals surface area contributed by atoms with Gasteiger partial charge in [0.25, 0.3) is 0 Å². The molecule has 13 heteroatoms. The summed E-state index contributed by atoms with van der Waals surface area (Å²) in [5.41, 5.74) is 7.42. The van der Waals surface area contributed by atoms with Gasteiger partial charge in [-0.05, 0) is 120 Å². The number of phenols is 1. The van der Waals surface area contributed by atoms with E-state index in [2.05, 4.69) is 66.2 Å². The zero-order chi connectivity index (χ0) is 46.8. The molecule has 3 N–H and O–H groups in total. The fourth-order valence-electron chi connectivity index (χ4n) is 16.3. The summed E-state index contributed by atoms with van der Waals surface area (Å²) in [6, 6.07) is 13.6. The van der Waals surface area contributed by atoms with E-state index in [0.717, 1.165) is 81.2 Å². The van der Waals surface area contributed by atoms with Crippen LogP contribution in [0.5, 0.6) is 34.5 Å². The number of rotatable bonds is 3. The molecule has 358 valence electrons. The zero-order valence-corrected chi connectivity index (χ0v) is 39.8. The van der Waals surface area contributed by atoms with Crippen LogP contribution < -0.4 is 23.7 Å². The molecule has 6 bridgehead atoms. The van der Waals surface area contributed by atoms with Crippen molar-refractivity contribution in [3.63, 3.8) is 0 Å². The van der Waals surface area contributed by atoms with Crippen molar-refractivity contribution in [2.45, 2.75) is 116 Å². The lowest BCUT2D eigenvalue weighted by atomic mass is 9.53. The van der Waals surface area contributed by atoms with Gasteiger partial charge in [0.2, 0.25) is 0 Å². The fourth-order valence-corrected chi connectivity index (χ4v) is 16.3. The maximum Gasteiger partial charge on any atom is 0.303 e. The number of likely N-dealkylation sites (tertiary alicyclic amines) is 3. The van der Waals surface area contributed by atoms with Gasteiger partial charge in [-0.2, -0.15) is 0 Å². The molecule has 3 aromatic rings. The van der Waals surface area contributed by atoms with Crippen LogP contribution >= 0.6 is 0 Å². The van der Waals surface area contributed by atoms with Crippen molar-refractivity contribution in [2.24, 2.45) is 17.8 Å². The summed E-state index contributed by atoms with van der Waals surface area (Å²) < 4.78 is 35.6. The molecule has 6 heterocycles. The number of methoxy groups -OCH3 is 2. The number of ether oxygens (including phenoxy) is 6. The SMILES string of the molecule is CN1CC[C@]23c4c5ccc(O)c4O[C@H]2C(O)C=CC3[C@H]1C5.COc1ccc2c3c1O[C@H]1C(O)C=CC4[C@@H](C2)N(C)CC[C@@]341.COc1ccc2c3c1O[C@H]1[C@@H](OC(C)=O)C=CC4[C@@H](C2)N(C)CC[C@@]341. The summed E-state index contributed by atoms with van der Waals surface area (Å²) in [5.74, 6) is 5.03. The van der Waals surface area contributed by atoms with Crippen molar-refractivity contribution >= 4 is 5.97 Å². The van der Waals surface area contributed by atoms with Gasteiger partial charge in [0.05, 0.1) is 14.2 Å². The Morgan fingerprint density at radius 2 is 0.971 bits per heavy atom. The summed E-state index contributed by atoms with van der Waals surface area (Å²) in [5, 5.41) is 31.2. The van der Waals surface area contributed by atoms with E-state index in [1.165, 1.54) is 40.3 Å². The minimum atomic E-state index is -0.594. The van der Waals surface area contributed by atoms with Crippen LogP contribution in [0.4, 0.5) is 0 Å². The lowest BCUT2D eigenvalue weighted by molar-refractivity contribution is -0.152. The number of nitrogens with zero attached hydrogens (tertiary/aromatic N) is 3. The van der Waals surface area contributed by atoms with Crippen LogP contribution in [0.2, 0.25) is 0 Å². The normalized spacial score (nSPS) is 40.1. The number of esters is 1. The topological polar surface area (TPSA) is 143 Å². The van der Waals surface area contributed by atoms with E-state index in [1.54, 1.807) is 20.3 Å². The van der Waals surface area contributed by atoms with Crippen LogP contribution in [-0.4, -0.2) is 146 Å². The number of likely N-dealkylation sites (N-methyl/N-ethyl adjacent to an activating group) is 3. The first kappa shape index (κ1) is 43.0. The van der Waals surface area contributed by atoms with Crippen LogP contribution in [0.15, 0.2) is 72.9 Å². The zero-order valence-electron chi connectivity index (χ0n) is 39.8. The molecule has 15 rings (SSSR count). The second kappa shape index (κ2) is 15.0. The third-order valence-electron chi connectivity index (χ3n) is 19.1. The molecule has 12 aliphatic rings. The van der Waals surface area contributed by atoms with E-state index < -0.39 is 12.2 Å². The third-order valence-corrected chi connectivity index (χ3v) is 19.1. The van der Waals surface area contributed by atoms with Crippen molar-refractivity contribution in [3.05, 3.63) is 106 Å². The average Bonchev–Trinajstić information content (AvgIpc) is 4.00. The minimum Gasteiger partial charge on any atom is -0.504 e. The average molecular weight is 926 g/mol. The molecule has 0 amide bonds. The Hall–Kier alpha value is -5.05. The van der Waals surface area contributed by atoms with E-state index in [-0.39, 0.29) is 52.4 Å². The Morgan fingerprint density at radius 3 is 1.43 bits per heavy atom. The lowest BCUT2D eigenvalue weighted by Crippen LogP contribution is -2.65. The highest BCUT2D eigenvalue weighted by Crippen LogP contribution is 2.65. The Balaban J connectivity index is 0.000000101. The molecule has 0 aromatic heterocycles. The number of carbonyl (C=O) groups excluding carboxylic acids is 1. The van der Waals surface area contributed by atoms with Gasteiger partial charge in [0.15, 0.2) is 40.6 Å². The molecule has 3 aromatic carbocycles. The molecule has 6 aliphatic heterocycles. The highest BCUT2D eigenvalue weighted by atomic mass is 16.6. The van der Waals surface area contributed by atoms with Crippen LogP contribution in [0.25, 0.3) is 0 Å². The molecule has 3 saturated heterocycles. The number of aliphatic hydroxyl groups excluding tert-OH is 2. The number of benzene rings is 3. The summed E-state index contributed by atoms with van der Waals surface area (Å²) in [4.78, 5) is 19.0. The van der Waals surface area contributed by atoms with Gasteiger partial charge in [-0.1, -0.05) is 48.6 Å². The predicted octanol–water partition coefficient (Wildman–Crippen LogP) is 4.77. The van der Waals surface area contributed by atoms with Crippen LogP contribution in [0.3, 0.4) is 0 Å². The van der Waals surface area contributed by atoms with Gasteiger partial charge in [-0.15, -0.1) is 0 Å². The fraction of sp³-hybridized carbons (Fsp3) is 0.545. The first-order valence-corrected chi connectivity index (χ1v) is 24.8. The number of aromatic hydroxyl groups is 1. The molecule has 0 saturated carbocycles. The lowest BCUT2D eigenvalue weighted by Gasteiger charge is -2.56. The monoisotopic (exact) mass is 925 g/mol. The van der Waals surface area contributed by atoms with E-state index in [9.17, 15) is 20.1 Å². The van der Waals surface area contributed by atoms with Crippen LogP contribution in [0, 0.1) is 17.8 Å².